The molecule has 0 spiro atoms. The molecular formula is C22H19N5O3. The first-order chi connectivity index (χ1) is 14.8. The van der Waals surface area contributed by atoms with Gasteiger partial charge >= 0.3 is 0 Å². The molecule has 1 saturated heterocycles. The fourth-order valence-corrected chi connectivity index (χ4v) is 3.11. The highest BCUT2D eigenvalue weighted by Crippen LogP contribution is 2.25. The van der Waals surface area contributed by atoms with E-state index < -0.39 is 11.8 Å². The first-order valence-corrected chi connectivity index (χ1v) is 9.47. The first kappa shape index (κ1) is 19.5. The summed E-state index contributed by atoms with van der Waals surface area (Å²) in [7, 11) is 0. The van der Waals surface area contributed by atoms with Crippen molar-refractivity contribution in [2.24, 2.45) is 5.10 Å². The van der Waals surface area contributed by atoms with Gasteiger partial charge in [0.2, 0.25) is 5.95 Å². The van der Waals surface area contributed by atoms with Crippen LogP contribution in [0, 0.1) is 11.3 Å². The largest absolute Gasteiger partial charge is 0.348 e. The summed E-state index contributed by atoms with van der Waals surface area (Å²) >= 11 is 0. The molecule has 4 rings (SSSR count). The predicted molar refractivity (Wildman–Crippen MR) is 112 cm³/mol. The van der Waals surface area contributed by atoms with Gasteiger partial charge in [-0.15, -0.1) is 0 Å². The van der Waals surface area contributed by atoms with Gasteiger partial charge in [0.15, 0.2) is 6.29 Å². The molecule has 150 valence electrons. The number of nitriles is 1. The number of H-pyrrole nitrogens is 1. The highest BCUT2D eigenvalue weighted by atomic mass is 16.7. The smallest absolute Gasteiger partial charge is 0.270 e. The number of anilines is 1. The van der Waals surface area contributed by atoms with E-state index in [4.69, 9.17) is 9.47 Å². The van der Waals surface area contributed by atoms with Gasteiger partial charge in [-0.25, -0.2) is 10.4 Å². The molecular weight excluding hydrogens is 382 g/mol. The zero-order valence-corrected chi connectivity index (χ0v) is 16.0. The second-order valence-electron chi connectivity index (χ2n) is 6.54. The molecule has 2 heterocycles. The van der Waals surface area contributed by atoms with E-state index in [2.05, 4.69) is 20.5 Å². The number of benzene rings is 2. The molecule has 1 aromatic heterocycles. The van der Waals surface area contributed by atoms with E-state index in [-0.39, 0.29) is 11.5 Å². The minimum atomic E-state index is -0.534. The highest BCUT2D eigenvalue weighted by Gasteiger charge is 2.19. The second-order valence-corrected chi connectivity index (χ2v) is 6.54. The van der Waals surface area contributed by atoms with E-state index >= 15 is 0 Å². The van der Waals surface area contributed by atoms with Crippen LogP contribution in [0.1, 0.15) is 29.4 Å². The van der Waals surface area contributed by atoms with Gasteiger partial charge in [0, 0.05) is 16.7 Å². The van der Waals surface area contributed by atoms with Crippen LogP contribution < -0.4 is 11.0 Å². The molecule has 1 aliphatic rings. The molecule has 0 aliphatic carbocycles. The summed E-state index contributed by atoms with van der Waals surface area (Å²) in [5.41, 5.74) is 4.81. The Kier molecular flexibility index (Phi) is 5.94. The van der Waals surface area contributed by atoms with Crippen molar-refractivity contribution in [3.05, 3.63) is 81.6 Å². The molecule has 0 atom stereocenters. The number of nitrogens with zero attached hydrogens (tertiary/aromatic N) is 3. The first-order valence-electron chi connectivity index (χ1n) is 9.47. The number of nitrogens with one attached hydrogen (secondary N) is 2. The molecule has 3 aromatic rings. The predicted octanol–water partition coefficient (Wildman–Crippen LogP) is 3.19. The van der Waals surface area contributed by atoms with Gasteiger partial charge in [0.05, 0.1) is 25.1 Å². The number of aromatic nitrogens is 2. The van der Waals surface area contributed by atoms with Crippen molar-refractivity contribution < 1.29 is 9.47 Å². The summed E-state index contributed by atoms with van der Waals surface area (Å²) in [6, 6.07) is 18.6. The Morgan fingerprint density at radius 2 is 1.87 bits per heavy atom. The SMILES string of the molecule is N#Cc1c(-c2ccccc2)nc(NN=Cc2ccccc2C2OCCCO2)[nH]c1=O. The molecule has 0 unspecified atom stereocenters. The van der Waals surface area contributed by atoms with Crippen LogP contribution in [0.4, 0.5) is 5.95 Å². The van der Waals surface area contributed by atoms with Gasteiger partial charge in [-0.05, 0) is 6.42 Å². The molecule has 0 radical (unpaired) electrons. The van der Waals surface area contributed by atoms with E-state index in [9.17, 15) is 10.1 Å². The Hall–Kier alpha value is -3.80. The lowest BCUT2D eigenvalue weighted by Crippen LogP contribution is -2.19. The molecule has 0 amide bonds. The minimum absolute atomic E-state index is 0.0485. The van der Waals surface area contributed by atoms with Crippen LogP contribution in [0.3, 0.4) is 0 Å². The third-order valence-corrected chi connectivity index (χ3v) is 4.53. The van der Waals surface area contributed by atoms with E-state index in [0.717, 1.165) is 17.5 Å². The van der Waals surface area contributed by atoms with Crippen LogP contribution in [0.2, 0.25) is 0 Å². The molecule has 8 nitrogen and oxygen atoms in total. The summed E-state index contributed by atoms with van der Waals surface area (Å²) in [4.78, 5) is 19.2. The lowest BCUT2D eigenvalue weighted by Gasteiger charge is -2.24. The number of hydrazone groups is 1. The van der Waals surface area contributed by atoms with Crippen LogP contribution in [0.5, 0.6) is 0 Å². The Labute approximate surface area is 172 Å². The number of hydrogen-bond donors (Lipinski definition) is 2. The van der Waals surface area contributed by atoms with Gasteiger partial charge in [-0.3, -0.25) is 9.78 Å². The van der Waals surface area contributed by atoms with Crippen molar-refractivity contribution in [2.75, 3.05) is 18.6 Å². The number of ether oxygens (including phenoxy) is 2. The van der Waals surface area contributed by atoms with Crippen molar-refractivity contribution in [1.29, 1.82) is 5.26 Å². The van der Waals surface area contributed by atoms with Gasteiger partial charge in [0.1, 0.15) is 11.6 Å². The van der Waals surface area contributed by atoms with Crippen LogP contribution in [-0.2, 0) is 9.47 Å². The molecule has 0 bridgehead atoms. The van der Waals surface area contributed by atoms with Crippen molar-refractivity contribution in [1.82, 2.24) is 9.97 Å². The Morgan fingerprint density at radius 1 is 1.13 bits per heavy atom. The standard InChI is InChI=1S/C22H19N5O3/c23-13-18-19(15-7-2-1-3-8-15)25-22(26-20(18)28)27-24-14-16-9-4-5-10-17(16)21-29-11-6-12-30-21/h1-5,7-10,14,21H,6,11-12H2,(H2,25,26,27,28). The van der Waals surface area contributed by atoms with Gasteiger partial charge in [-0.2, -0.15) is 10.4 Å². The summed E-state index contributed by atoms with van der Waals surface area (Å²) in [6.07, 6.45) is 2.05. The average Bonchev–Trinajstić information content (AvgIpc) is 2.80. The maximum absolute atomic E-state index is 12.3. The van der Waals surface area contributed by atoms with Crippen LogP contribution in [-0.4, -0.2) is 29.4 Å². The normalized spacial score (nSPS) is 14.5. The van der Waals surface area contributed by atoms with Gasteiger partial charge in [-0.1, -0.05) is 54.6 Å². The maximum Gasteiger partial charge on any atom is 0.270 e. The van der Waals surface area contributed by atoms with E-state index in [0.29, 0.717) is 24.5 Å². The third-order valence-electron chi connectivity index (χ3n) is 4.53. The van der Waals surface area contributed by atoms with Crippen molar-refractivity contribution >= 4 is 12.2 Å². The number of aromatic amines is 1. The minimum Gasteiger partial charge on any atom is -0.348 e. The summed E-state index contributed by atoms with van der Waals surface area (Å²) in [5, 5.41) is 13.5. The monoisotopic (exact) mass is 401 g/mol. The van der Waals surface area contributed by atoms with Crippen LogP contribution >= 0.6 is 0 Å². The van der Waals surface area contributed by atoms with Crippen molar-refractivity contribution in [2.45, 2.75) is 12.7 Å². The molecule has 30 heavy (non-hydrogen) atoms. The Morgan fingerprint density at radius 3 is 2.63 bits per heavy atom. The molecule has 2 aromatic carbocycles. The molecule has 0 saturated carbocycles. The van der Waals surface area contributed by atoms with Gasteiger partial charge < -0.3 is 9.47 Å². The molecule has 1 fully saturated rings. The molecule has 8 heteroatoms. The van der Waals surface area contributed by atoms with E-state index in [1.54, 1.807) is 18.3 Å². The topological polar surface area (TPSA) is 112 Å². The number of rotatable bonds is 5. The summed E-state index contributed by atoms with van der Waals surface area (Å²) in [6.45, 7) is 1.29. The van der Waals surface area contributed by atoms with Crippen molar-refractivity contribution in [3.63, 3.8) is 0 Å². The van der Waals surface area contributed by atoms with Crippen molar-refractivity contribution in [3.8, 4) is 17.3 Å². The zero-order chi connectivity index (χ0) is 20.8. The quantitative estimate of drug-likeness (QED) is 0.502. The average molecular weight is 401 g/mol. The van der Waals surface area contributed by atoms with Gasteiger partial charge in [0.25, 0.3) is 5.56 Å². The maximum atomic E-state index is 12.3. The Bertz CT molecular complexity index is 1150. The second kappa shape index (κ2) is 9.13. The fraction of sp³-hybridized carbons (Fsp3) is 0.182. The lowest BCUT2D eigenvalue weighted by molar-refractivity contribution is -0.183. The Balaban J connectivity index is 1.59. The molecule has 1 aliphatic heterocycles. The van der Waals surface area contributed by atoms with E-state index in [1.165, 1.54) is 0 Å². The fourth-order valence-electron chi connectivity index (χ4n) is 3.11. The van der Waals surface area contributed by atoms with E-state index in [1.807, 2.05) is 48.5 Å². The highest BCUT2D eigenvalue weighted by molar-refractivity contribution is 5.82. The van der Waals surface area contributed by atoms with Crippen LogP contribution in [0.25, 0.3) is 11.3 Å². The lowest BCUT2D eigenvalue weighted by atomic mass is 10.1. The zero-order valence-electron chi connectivity index (χ0n) is 16.0. The summed E-state index contributed by atoms with van der Waals surface area (Å²) < 4.78 is 11.4. The number of hydrogen-bond acceptors (Lipinski definition) is 7. The third kappa shape index (κ3) is 4.27. The van der Waals surface area contributed by atoms with Crippen LogP contribution in [0.15, 0.2) is 64.5 Å². The molecule has 2 N–H and O–H groups in total. The summed E-state index contributed by atoms with van der Waals surface area (Å²) in [5.74, 6) is 0.136.